The van der Waals surface area contributed by atoms with E-state index in [1.165, 1.54) is 19.3 Å². The van der Waals surface area contributed by atoms with Crippen molar-refractivity contribution in [3.63, 3.8) is 0 Å². The minimum Gasteiger partial charge on any atom is -0.495 e. The second-order valence-corrected chi connectivity index (χ2v) is 5.68. The van der Waals surface area contributed by atoms with Crippen molar-refractivity contribution in [2.75, 3.05) is 19.0 Å². The molecular formula is C16H26N2O. The molecule has 106 valence electrons. The number of anilines is 1. The van der Waals surface area contributed by atoms with E-state index in [9.17, 15) is 0 Å². The number of para-hydroxylation sites is 2. The van der Waals surface area contributed by atoms with Crippen LogP contribution in [-0.4, -0.2) is 19.2 Å². The molecule has 0 amide bonds. The number of hydrogen-bond donors (Lipinski definition) is 2. The second-order valence-electron chi connectivity index (χ2n) is 5.68. The van der Waals surface area contributed by atoms with Crippen LogP contribution in [0, 0.1) is 5.92 Å². The third-order valence-corrected chi connectivity index (χ3v) is 4.42. The number of benzene rings is 1. The lowest BCUT2D eigenvalue weighted by Crippen LogP contribution is -2.49. The van der Waals surface area contributed by atoms with E-state index in [1.807, 2.05) is 18.2 Å². The molecule has 2 unspecified atom stereocenters. The monoisotopic (exact) mass is 262 g/mol. The fourth-order valence-corrected chi connectivity index (χ4v) is 3.22. The van der Waals surface area contributed by atoms with Crippen LogP contribution in [-0.2, 0) is 0 Å². The fraction of sp³-hybridized carbons (Fsp3) is 0.625. The number of rotatable bonds is 5. The number of ether oxygens (including phenoxy) is 1. The molecule has 0 aromatic heterocycles. The van der Waals surface area contributed by atoms with Crippen molar-refractivity contribution >= 4 is 5.69 Å². The fourth-order valence-electron chi connectivity index (χ4n) is 3.22. The van der Waals surface area contributed by atoms with E-state index in [0.29, 0.717) is 6.54 Å². The van der Waals surface area contributed by atoms with Crippen molar-refractivity contribution in [2.24, 2.45) is 11.7 Å². The van der Waals surface area contributed by atoms with Gasteiger partial charge in [0.2, 0.25) is 0 Å². The highest BCUT2D eigenvalue weighted by molar-refractivity contribution is 5.57. The smallest absolute Gasteiger partial charge is 0.141 e. The zero-order valence-corrected chi connectivity index (χ0v) is 12.1. The molecule has 0 radical (unpaired) electrons. The maximum atomic E-state index is 6.09. The molecule has 2 rings (SSSR count). The van der Waals surface area contributed by atoms with Crippen LogP contribution in [0.1, 0.15) is 39.0 Å². The lowest BCUT2D eigenvalue weighted by atomic mass is 9.74. The van der Waals surface area contributed by atoms with Crippen molar-refractivity contribution in [3.05, 3.63) is 24.3 Å². The van der Waals surface area contributed by atoms with Gasteiger partial charge in [-0.25, -0.2) is 0 Å². The first-order valence-corrected chi connectivity index (χ1v) is 7.34. The van der Waals surface area contributed by atoms with Gasteiger partial charge in [-0.2, -0.15) is 0 Å². The summed E-state index contributed by atoms with van der Waals surface area (Å²) >= 11 is 0. The van der Waals surface area contributed by atoms with E-state index in [4.69, 9.17) is 10.5 Å². The van der Waals surface area contributed by atoms with Crippen LogP contribution in [0.25, 0.3) is 0 Å². The molecule has 3 heteroatoms. The van der Waals surface area contributed by atoms with Gasteiger partial charge in [-0.05, 0) is 30.9 Å². The summed E-state index contributed by atoms with van der Waals surface area (Å²) in [6, 6.07) is 8.10. The van der Waals surface area contributed by atoms with Crippen LogP contribution in [0.3, 0.4) is 0 Å². The Morgan fingerprint density at radius 3 is 2.89 bits per heavy atom. The highest BCUT2D eigenvalue weighted by Crippen LogP contribution is 2.37. The van der Waals surface area contributed by atoms with Crippen LogP contribution >= 0.6 is 0 Å². The summed E-state index contributed by atoms with van der Waals surface area (Å²) in [7, 11) is 1.71. The normalized spacial score (nSPS) is 27.0. The topological polar surface area (TPSA) is 47.3 Å². The predicted octanol–water partition coefficient (Wildman–Crippen LogP) is 3.40. The van der Waals surface area contributed by atoms with Crippen LogP contribution < -0.4 is 15.8 Å². The average Bonchev–Trinajstić information content (AvgIpc) is 2.48. The first kappa shape index (κ1) is 14.2. The average molecular weight is 262 g/mol. The Morgan fingerprint density at radius 2 is 2.21 bits per heavy atom. The Hall–Kier alpha value is -1.22. The predicted molar refractivity (Wildman–Crippen MR) is 80.7 cm³/mol. The molecule has 0 heterocycles. The highest BCUT2D eigenvalue weighted by atomic mass is 16.5. The standard InChI is InChI=1S/C16H26N2O/c1-3-13-7-6-10-16(11-13,12-17)18-14-8-4-5-9-15(14)19-2/h4-5,8-9,13,18H,3,6-7,10-12,17H2,1-2H3. The van der Waals surface area contributed by atoms with Gasteiger partial charge in [0.1, 0.15) is 5.75 Å². The maximum absolute atomic E-state index is 6.09. The minimum atomic E-state index is 0.0353. The Morgan fingerprint density at radius 1 is 1.42 bits per heavy atom. The molecule has 1 aliphatic carbocycles. The van der Waals surface area contributed by atoms with Crippen molar-refractivity contribution in [1.29, 1.82) is 0 Å². The van der Waals surface area contributed by atoms with Gasteiger partial charge in [-0.3, -0.25) is 0 Å². The van der Waals surface area contributed by atoms with Gasteiger partial charge in [0, 0.05) is 12.1 Å². The molecule has 19 heavy (non-hydrogen) atoms. The summed E-state index contributed by atoms with van der Waals surface area (Å²) in [5.41, 5.74) is 7.19. The third-order valence-electron chi connectivity index (χ3n) is 4.42. The van der Waals surface area contributed by atoms with E-state index in [2.05, 4.69) is 18.3 Å². The van der Waals surface area contributed by atoms with Gasteiger partial charge >= 0.3 is 0 Å². The van der Waals surface area contributed by atoms with E-state index in [0.717, 1.165) is 30.2 Å². The van der Waals surface area contributed by atoms with Crippen LogP contribution in [0.15, 0.2) is 24.3 Å². The van der Waals surface area contributed by atoms with Crippen molar-refractivity contribution < 1.29 is 4.74 Å². The molecule has 0 spiro atoms. The number of nitrogens with two attached hydrogens (primary N) is 1. The van der Waals surface area contributed by atoms with E-state index < -0.39 is 0 Å². The lowest BCUT2D eigenvalue weighted by molar-refractivity contribution is 0.244. The van der Waals surface area contributed by atoms with Crippen LogP contribution in [0.4, 0.5) is 5.69 Å². The summed E-state index contributed by atoms with van der Waals surface area (Å²) in [5, 5.41) is 3.68. The Bertz CT molecular complexity index is 407. The highest BCUT2D eigenvalue weighted by Gasteiger charge is 2.35. The Labute approximate surface area is 116 Å². The third kappa shape index (κ3) is 3.21. The second kappa shape index (κ2) is 6.29. The van der Waals surface area contributed by atoms with Crippen molar-refractivity contribution in [1.82, 2.24) is 0 Å². The molecule has 0 bridgehead atoms. The molecule has 1 aromatic carbocycles. The summed E-state index contributed by atoms with van der Waals surface area (Å²) in [4.78, 5) is 0. The van der Waals surface area contributed by atoms with Gasteiger partial charge in [0.05, 0.1) is 12.8 Å². The van der Waals surface area contributed by atoms with E-state index in [1.54, 1.807) is 7.11 Å². The quantitative estimate of drug-likeness (QED) is 0.855. The molecule has 0 saturated heterocycles. The summed E-state index contributed by atoms with van der Waals surface area (Å²) in [6.45, 7) is 2.96. The zero-order valence-electron chi connectivity index (χ0n) is 12.1. The molecule has 1 aliphatic rings. The first-order chi connectivity index (χ1) is 9.23. The van der Waals surface area contributed by atoms with E-state index in [-0.39, 0.29) is 5.54 Å². The Kier molecular flexibility index (Phi) is 4.70. The molecule has 1 aromatic rings. The van der Waals surface area contributed by atoms with Gasteiger partial charge in [-0.15, -0.1) is 0 Å². The molecule has 3 N–H and O–H groups in total. The summed E-state index contributed by atoms with van der Waals surface area (Å²) in [6.07, 6.45) is 6.16. The van der Waals surface area contributed by atoms with Gasteiger partial charge in [-0.1, -0.05) is 38.3 Å². The van der Waals surface area contributed by atoms with E-state index >= 15 is 0 Å². The molecule has 2 atom stereocenters. The number of nitrogens with one attached hydrogen (secondary N) is 1. The maximum Gasteiger partial charge on any atom is 0.141 e. The SMILES string of the molecule is CCC1CCCC(CN)(Nc2ccccc2OC)C1. The first-order valence-electron chi connectivity index (χ1n) is 7.34. The molecule has 3 nitrogen and oxygen atoms in total. The molecule has 1 fully saturated rings. The summed E-state index contributed by atoms with van der Waals surface area (Å²) < 4.78 is 5.43. The van der Waals surface area contributed by atoms with Crippen molar-refractivity contribution in [3.8, 4) is 5.75 Å². The Balaban J connectivity index is 2.17. The largest absolute Gasteiger partial charge is 0.495 e. The molecule has 0 aliphatic heterocycles. The number of hydrogen-bond acceptors (Lipinski definition) is 3. The van der Waals surface area contributed by atoms with Crippen LogP contribution in [0.2, 0.25) is 0 Å². The van der Waals surface area contributed by atoms with Crippen molar-refractivity contribution in [2.45, 2.75) is 44.6 Å². The van der Waals surface area contributed by atoms with Crippen LogP contribution in [0.5, 0.6) is 5.75 Å². The molecular weight excluding hydrogens is 236 g/mol. The number of methoxy groups -OCH3 is 1. The molecule has 1 saturated carbocycles. The zero-order chi connectivity index (χ0) is 13.7. The lowest BCUT2D eigenvalue weighted by Gasteiger charge is -2.41. The summed E-state index contributed by atoms with van der Waals surface area (Å²) in [5.74, 6) is 1.69. The van der Waals surface area contributed by atoms with Gasteiger partial charge in [0.15, 0.2) is 0 Å². The minimum absolute atomic E-state index is 0.0353. The van der Waals surface area contributed by atoms with Gasteiger partial charge in [0.25, 0.3) is 0 Å². The van der Waals surface area contributed by atoms with Gasteiger partial charge < -0.3 is 15.8 Å².